The average molecular weight is 273 g/mol. The summed E-state index contributed by atoms with van der Waals surface area (Å²) in [5.41, 5.74) is 0. The summed E-state index contributed by atoms with van der Waals surface area (Å²) in [4.78, 5) is 8.32. The highest BCUT2D eigenvalue weighted by atomic mass is 32.2. The lowest BCUT2D eigenvalue weighted by atomic mass is 10.5. The van der Waals surface area contributed by atoms with E-state index >= 15 is 0 Å². The van der Waals surface area contributed by atoms with Crippen LogP contribution in [0.25, 0.3) is 0 Å². The van der Waals surface area contributed by atoms with Gasteiger partial charge in [-0.25, -0.2) is 23.1 Å². The Labute approximate surface area is 107 Å². The van der Waals surface area contributed by atoms with Crippen molar-refractivity contribution in [1.29, 1.82) is 0 Å². The molecule has 1 heterocycles. The largest absolute Gasteiger partial charge is 0.373 e. The number of nitrogens with one attached hydrogen (secondary N) is 3. The first-order valence-electron chi connectivity index (χ1n) is 5.71. The van der Waals surface area contributed by atoms with Crippen molar-refractivity contribution in [3.63, 3.8) is 0 Å². The van der Waals surface area contributed by atoms with E-state index in [1.165, 1.54) is 0 Å². The van der Waals surface area contributed by atoms with Gasteiger partial charge in [0.05, 0.1) is 5.75 Å². The summed E-state index contributed by atoms with van der Waals surface area (Å²) in [6.45, 7) is 4.23. The number of aryl methyl sites for hydroxylation is 1. The number of rotatable bonds is 7. The van der Waals surface area contributed by atoms with Crippen molar-refractivity contribution in [2.45, 2.75) is 13.8 Å². The van der Waals surface area contributed by atoms with E-state index in [1.54, 1.807) is 27.0 Å². The molecule has 3 N–H and O–H groups in total. The molecule has 0 aliphatic heterocycles. The zero-order valence-electron chi connectivity index (χ0n) is 10.8. The highest BCUT2D eigenvalue weighted by Gasteiger charge is 2.08. The second-order valence-electron chi connectivity index (χ2n) is 3.68. The maximum Gasteiger partial charge on any atom is 0.213 e. The number of anilines is 2. The summed E-state index contributed by atoms with van der Waals surface area (Å²) in [5.74, 6) is 1.94. The number of aromatic nitrogens is 2. The Kier molecular flexibility index (Phi) is 5.29. The summed E-state index contributed by atoms with van der Waals surface area (Å²) < 4.78 is 25.3. The molecule has 0 saturated heterocycles. The van der Waals surface area contributed by atoms with E-state index in [4.69, 9.17) is 0 Å². The fourth-order valence-corrected chi connectivity index (χ4v) is 2.35. The summed E-state index contributed by atoms with van der Waals surface area (Å²) in [6.07, 6.45) is 0. The lowest BCUT2D eigenvalue weighted by Crippen LogP contribution is -2.29. The molecule has 0 fully saturated rings. The van der Waals surface area contributed by atoms with Gasteiger partial charge in [-0.1, -0.05) is 6.92 Å². The fourth-order valence-electron chi connectivity index (χ4n) is 1.39. The Morgan fingerprint density at radius 3 is 2.56 bits per heavy atom. The zero-order chi connectivity index (χ0) is 13.6. The van der Waals surface area contributed by atoms with Gasteiger partial charge in [0, 0.05) is 26.2 Å². The van der Waals surface area contributed by atoms with Gasteiger partial charge in [0.1, 0.15) is 17.5 Å². The van der Waals surface area contributed by atoms with Crippen LogP contribution >= 0.6 is 0 Å². The second kappa shape index (κ2) is 6.50. The molecule has 0 saturated carbocycles. The van der Waals surface area contributed by atoms with E-state index in [0.29, 0.717) is 30.5 Å². The van der Waals surface area contributed by atoms with E-state index in [9.17, 15) is 8.42 Å². The predicted molar refractivity (Wildman–Crippen MR) is 72.3 cm³/mol. The van der Waals surface area contributed by atoms with E-state index in [-0.39, 0.29) is 5.75 Å². The second-order valence-corrected chi connectivity index (χ2v) is 5.61. The van der Waals surface area contributed by atoms with Crippen LogP contribution in [0.5, 0.6) is 0 Å². The average Bonchev–Trinajstić information content (AvgIpc) is 2.27. The first-order chi connectivity index (χ1) is 8.46. The molecule has 0 radical (unpaired) electrons. The van der Waals surface area contributed by atoms with Crippen molar-refractivity contribution >= 4 is 21.7 Å². The molecule has 0 aliphatic rings. The van der Waals surface area contributed by atoms with Gasteiger partial charge >= 0.3 is 0 Å². The van der Waals surface area contributed by atoms with Crippen LogP contribution in [0.4, 0.5) is 11.6 Å². The summed E-state index contributed by atoms with van der Waals surface area (Å²) in [5, 5.41) is 5.88. The van der Waals surface area contributed by atoms with Crippen molar-refractivity contribution in [1.82, 2.24) is 14.7 Å². The summed E-state index contributed by atoms with van der Waals surface area (Å²) >= 11 is 0. The van der Waals surface area contributed by atoms with Gasteiger partial charge in [-0.3, -0.25) is 0 Å². The molecule has 0 aliphatic carbocycles. The number of hydrogen-bond acceptors (Lipinski definition) is 6. The predicted octanol–water partition coefficient (Wildman–Crippen LogP) is 0.178. The van der Waals surface area contributed by atoms with Gasteiger partial charge in [-0.2, -0.15) is 0 Å². The van der Waals surface area contributed by atoms with Gasteiger partial charge in [-0.15, -0.1) is 0 Å². The molecule has 102 valence electrons. The number of hydrogen-bond donors (Lipinski definition) is 3. The summed E-state index contributed by atoms with van der Waals surface area (Å²) in [7, 11) is -1.43. The first kappa shape index (κ1) is 14.7. The molecule has 0 unspecified atom stereocenters. The molecule has 0 atom stereocenters. The lowest BCUT2D eigenvalue weighted by Gasteiger charge is -2.08. The third kappa shape index (κ3) is 4.84. The van der Waals surface area contributed by atoms with Crippen molar-refractivity contribution < 1.29 is 8.42 Å². The SMILES string of the molecule is CCNS(=O)(=O)CCNc1cc(NC)nc(C)n1. The first-order valence-corrected chi connectivity index (χ1v) is 7.36. The quantitative estimate of drug-likeness (QED) is 0.656. The van der Waals surface area contributed by atoms with E-state index in [2.05, 4.69) is 25.3 Å². The van der Waals surface area contributed by atoms with Crippen molar-refractivity contribution in [3.05, 3.63) is 11.9 Å². The van der Waals surface area contributed by atoms with Crippen molar-refractivity contribution in [3.8, 4) is 0 Å². The molecule has 0 aromatic carbocycles. The van der Waals surface area contributed by atoms with Crippen LogP contribution < -0.4 is 15.4 Å². The van der Waals surface area contributed by atoms with Crippen LogP contribution in [0.3, 0.4) is 0 Å². The van der Waals surface area contributed by atoms with Crippen LogP contribution in [0, 0.1) is 6.92 Å². The molecule has 0 spiro atoms. The number of sulfonamides is 1. The van der Waals surface area contributed by atoms with Crippen molar-refractivity contribution in [2.75, 3.05) is 36.5 Å². The fraction of sp³-hybridized carbons (Fsp3) is 0.600. The maximum absolute atomic E-state index is 11.4. The smallest absolute Gasteiger partial charge is 0.213 e. The van der Waals surface area contributed by atoms with E-state index < -0.39 is 10.0 Å². The minimum absolute atomic E-state index is 0.0127. The van der Waals surface area contributed by atoms with Gasteiger partial charge in [0.25, 0.3) is 0 Å². The molecule has 0 amide bonds. The van der Waals surface area contributed by atoms with Gasteiger partial charge in [-0.05, 0) is 6.92 Å². The van der Waals surface area contributed by atoms with Crippen LogP contribution in [-0.2, 0) is 10.0 Å². The molecule has 7 nitrogen and oxygen atoms in total. The van der Waals surface area contributed by atoms with Crippen LogP contribution in [0.1, 0.15) is 12.7 Å². The Balaban J connectivity index is 2.56. The molecule has 1 aromatic rings. The Bertz CT molecular complexity index is 489. The molecule has 0 bridgehead atoms. The molecule has 8 heteroatoms. The normalized spacial score (nSPS) is 11.3. The molecular weight excluding hydrogens is 254 g/mol. The van der Waals surface area contributed by atoms with Gasteiger partial charge in [0.15, 0.2) is 0 Å². The molecule has 1 rings (SSSR count). The number of nitrogens with zero attached hydrogens (tertiary/aromatic N) is 2. The Morgan fingerprint density at radius 1 is 1.28 bits per heavy atom. The minimum Gasteiger partial charge on any atom is -0.373 e. The highest BCUT2D eigenvalue weighted by Crippen LogP contribution is 2.09. The van der Waals surface area contributed by atoms with Gasteiger partial charge in [0.2, 0.25) is 10.0 Å². The van der Waals surface area contributed by atoms with E-state index in [1.807, 2.05) is 0 Å². The van der Waals surface area contributed by atoms with E-state index in [0.717, 1.165) is 0 Å². The molecular formula is C10H19N5O2S. The topological polar surface area (TPSA) is 96.0 Å². The van der Waals surface area contributed by atoms with Crippen LogP contribution in [-0.4, -0.2) is 44.3 Å². The third-order valence-corrected chi connectivity index (χ3v) is 3.61. The van der Waals surface area contributed by atoms with Gasteiger partial charge < -0.3 is 10.6 Å². The molecule has 1 aromatic heterocycles. The monoisotopic (exact) mass is 273 g/mol. The third-order valence-electron chi connectivity index (χ3n) is 2.14. The minimum atomic E-state index is -3.20. The highest BCUT2D eigenvalue weighted by molar-refractivity contribution is 7.89. The summed E-state index contributed by atoms with van der Waals surface area (Å²) in [6, 6.07) is 1.73. The lowest BCUT2D eigenvalue weighted by molar-refractivity contribution is 0.584. The Morgan fingerprint density at radius 2 is 1.94 bits per heavy atom. The van der Waals surface area contributed by atoms with Crippen LogP contribution in [0.15, 0.2) is 6.07 Å². The van der Waals surface area contributed by atoms with Crippen molar-refractivity contribution in [2.24, 2.45) is 0 Å². The Hall–Kier alpha value is -1.41. The standard InChI is InChI=1S/C10H19N5O2S/c1-4-13-18(16,17)6-5-12-10-7-9(11-3)14-8(2)15-10/h7,13H,4-6H2,1-3H3,(H2,11,12,14,15). The molecule has 18 heavy (non-hydrogen) atoms. The maximum atomic E-state index is 11.4. The zero-order valence-corrected chi connectivity index (χ0v) is 11.6. The van der Waals surface area contributed by atoms with Crippen LogP contribution in [0.2, 0.25) is 0 Å².